The number of halogens is 3. The minimum atomic E-state index is -4.43. The molecule has 34 heavy (non-hydrogen) atoms. The molecule has 6 nitrogen and oxygen atoms in total. The first-order valence-electron chi connectivity index (χ1n) is 10.4. The zero-order valence-electron chi connectivity index (χ0n) is 18.0. The summed E-state index contributed by atoms with van der Waals surface area (Å²) in [5.41, 5.74) is 0.548. The highest BCUT2D eigenvalue weighted by Gasteiger charge is 2.31. The van der Waals surface area contributed by atoms with Crippen molar-refractivity contribution in [2.45, 2.75) is 24.8 Å². The lowest BCUT2D eigenvalue weighted by Crippen LogP contribution is -2.25. The van der Waals surface area contributed by atoms with E-state index in [-0.39, 0.29) is 16.9 Å². The highest BCUT2D eigenvalue weighted by Crippen LogP contribution is 2.32. The van der Waals surface area contributed by atoms with Gasteiger partial charge in [-0.3, -0.25) is 4.79 Å². The van der Waals surface area contributed by atoms with Gasteiger partial charge in [-0.05, 0) is 55.3 Å². The Bertz CT molecular complexity index is 1220. The zero-order chi connectivity index (χ0) is 24.1. The van der Waals surface area contributed by atoms with E-state index in [1.165, 1.54) is 30.1 Å². The number of amidine groups is 1. The molecule has 1 aromatic heterocycles. The van der Waals surface area contributed by atoms with Crippen molar-refractivity contribution in [2.75, 3.05) is 6.61 Å². The molecule has 1 N–H and O–H groups in total. The van der Waals surface area contributed by atoms with Gasteiger partial charge in [0.1, 0.15) is 17.3 Å². The molecule has 0 radical (unpaired) electrons. The number of amides is 1. The van der Waals surface area contributed by atoms with Crippen LogP contribution in [-0.2, 0) is 17.4 Å². The number of nitrogens with one attached hydrogen (secondary N) is 1. The number of furan rings is 1. The van der Waals surface area contributed by atoms with Gasteiger partial charge in [0.25, 0.3) is 0 Å². The molecule has 1 saturated heterocycles. The van der Waals surface area contributed by atoms with E-state index < -0.39 is 11.7 Å². The van der Waals surface area contributed by atoms with Gasteiger partial charge in [-0.15, -0.1) is 5.10 Å². The smallest absolute Gasteiger partial charge is 0.416 e. The fourth-order valence-electron chi connectivity index (χ4n) is 3.25. The molecule has 176 valence electrons. The molecule has 1 atom stereocenters. The number of nitrogens with zero attached hydrogens (tertiary/aromatic N) is 2. The Balaban J connectivity index is 1.37. The van der Waals surface area contributed by atoms with E-state index in [9.17, 15) is 18.0 Å². The average molecular weight is 488 g/mol. The summed E-state index contributed by atoms with van der Waals surface area (Å²) < 4.78 is 49.7. The maximum Gasteiger partial charge on any atom is 0.416 e. The van der Waals surface area contributed by atoms with Crippen molar-refractivity contribution in [1.29, 1.82) is 0 Å². The van der Waals surface area contributed by atoms with Gasteiger partial charge in [0.15, 0.2) is 5.17 Å². The SMILES string of the molecule is CCOc1ccc(C[C@@H]2S/C(=N\N=C/c3ccc(-c4cccc(C(F)(F)F)c4)o3)NC2=O)cc1. The predicted molar refractivity (Wildman–Crippen MR) is 125 cm³/mol. The minimum absolute atomic E-state index is 0.155. The van der Waals surface area contributed by atoms with Gasteiger partial charge in [0, 0.05) is 5.56 Å². The van der Waals surface area contributed by atoms with Crippen molar-refractivity contribution in [1.82, 2.24) is 5.32 Å². The van der Waals surface area contributed by atoms with Gasteiger partial charge in [0.2, 0.25) is 5.91 Å². The number of alkyl halides is 3. The van der Waals surface area contributed by atoms with Crippen LogP contribution in [0.5, 0.6) is 5.75 Å². The second-order valence-corrected chi connectivity index (χ2v) is 8.50. The first kappa shape index (κ1) is 23.6. The number of thioether (sulfide) groups is 1. The van der Waals surface area contributed by atoms with E-state index in [1.54, 1.807) is 12.1 Å². The first-order valence-corrected chi connectivity index (χ1v) is 11.3. The molecular weight excluding hydrogens is 467 g/mol. The van der Waals surface area contributed by atoms with E-state index in [0.717, 1.165) is 23.4 Å². The van der Waals surface area contributed by atoms with Crippen LogP contribution in [-0.4, -0.2) is 29.1 Å². The number of carbonyl (C=O) groups excluding carboxylic acids is 1. The minimum Gasteiger partial charge on any atom is -0.494 e. The fraction of sp³-hybridized carbons (Fsp3) is 0.208. The molecule has 1 amide bonds. The highest BCUT2D eigenvalue weighted by molar-refractivity contribution is 8.15. The van der Waals surface area contributed by atoms with Crippen molar-refractivity contribution in [2.24, 2.45) is 10.2 Å². The number of ether oxygens (including phenoxy) is 1. The molecular formula is C24H20F3N3O3S. The number of carbonyl (C=O) groups is 1. The normalized spacial score (nSPS) is 17.5. The molecule has 2 heterocycles. The van der Waals surface area contributed by atoms with Gasteiger partial charge in [-0.2, -0.15) is 18.3 Å². The van der Waals surface area contributed by atoms with Crippen molar-refractivity contribution in [3.63, 3.8) is 0 Å². The van der Waals surface area contributed by atoms with Crippen molar-refractivity contribution < 1.29 is 27.1 Å². The van der Waals surface area contributed by atoms with E-state index in [1.807, 2.05) is 31.2 Å². The highest BCUT2D eigenvalue weighted by atomic mass is 32.2. The summed E-state index contributed by atoms with van der Waals surface area (Å²) >= 11 is 1.28. The van der Waals surface area contributed by atoms with Crippen molar-refractivity contribution in [3.05, 3.63) is 77.6 Å². The Labute approximate surface area is 197 Å². The van der Waals surface area contributed by atoms with Gasteiger partial charge >= 0.3 is 6.18 Å². The standard InChI is InChI=1S/C24H20F3N3O3S/c1-2-32-18-8-6-15(7-9-18)12-21-22(31)29-23(34-21)30-28-14-19-10-11-20(33-19)16-4-3-5-17(13-16)24(25,26)27/h3-11,13-14,21H,2,12H2,1H3,(H,29,30,31)/b28-14-/t21-/m0/s1. The lowest BCUT2D eigenvalue weighted by molar-refractivity contribution is -0.137. The Kier molecular flexibility index (Phi) is 7.06. The van der Waals surface area contributed by atoms with Crippen LogP contribution in [0, 0.1) is 0 Å². The lowest BCUT2D eigenvalue weighted by Gasteiger charge is -2.07. The predicted octanol–water partition coefficient (Wildman–Crippen LogP) is 5.53. The van der Waals surface area contributed by atoms with Gasteiger partial charge in [-0.25, -0.2) is 0 Å². The molecule has 0 saturated carbocycles. The first-order chi connectivity index (χ1) is 16.3. The maximum atomic E-state index is 12.9. The second kappa shape index (κ2) is 10.2. The van der Waals surface area contributed by atoms with Crippen LogP contribution in [0.15, 0.2) is 75.3 Å². The Morgan fingerprint density at radius 1 is 1.15 bits per heavy atom. The average Bonchev–Trinajstić information content (AvgIpc) is 3.42. The third kappa shape index (κ3) is 5.88. The van der Waals surface area contributed by atoms with Crippen LogP contribution in [0.3, 0.4) is 0 Å². The van der Waals surface area contributed by atoms with E-state index >= 15 is 0 Å². The molecule has 1 aliphatic heterocycles. The zero-order valence-corrected chi connectivity index (χ0v) is 18.8. The maximum absolute atomic E-state index is 12.9. The van der Waals surface area contributed by atoms with Crippen molar-refractivity contribution in [3.8, 4) is 17.1 Å². The number of hydrogen-bond donors (Lipinski definition) is 1. The second-order valence-electron chi connectivity index (χ2n) is 7.31. The van der Waals surface area contributed by atoms with E-state index in [0.29, 0.717) is 29.5 Å². The molecule has 0 spiro atoms. The third-order valence-corrected chi connectivity index (χ3v) is 5.94. The van der Waals surface area contributed by atoms with Crippen LogP contribution >= 0.6 is 11.8 Å². The summed E-state index contributed by atoms with van der Waals surface area (Å²) in [5.74, 6) is 1.22. The molecule has 0 unspecified atom stereocenters. The van der Waals surface area contributed by atoms with Gasteiger partial charge in [-0.1, -0.05) is 36.0 Å². The largest absolute Gasteiger partial charge is 0.494 e. The molecule has 0 bridgehead atoms. The Morgan fingerprint density at radius 3 is 2.68 bits per heavy atom. The fourth-order valence-corrected chi connectivity index (χ4v) is 4.22. The molecule has 10 heteroatoms. The number of benzene rings is 2. The quantitative estimate of drug-likeness (QED) is 0.351. The summed E-state index contributed by atoms with van der Waals surface area (Å²) in [6.45, 7) is 2.50. The molecule has 1 aliphatic rings. The third-order valence-electron chi connectivity index (χ3n) is 4.87. The Morgan fingerprint density at radius 2 is 1.94 bits per heavy atom. The van der Waals surface area contributed by atoms with Gasteiger partial charge in [0.05, 0.1) is 23.6 Å². The summed E-state index contributed by atoms with van der Waals surface area (Å²) in [4.78, 5) is 12.3. The number of rotatable bonds is 7. The van der Waals surface area contributed by atoms with E-state index in [4.69, 9.17) is 9.15 Å². The Hall–Kier alpha value is -3.53. The van der Waals surface area contributed by atoms with Crippen molar-refractivity contribution >= 4 is 29.1 Å². The molecule has 1 fully saturated rings. The molecule has 2 aromatic carbocycles. The lowest BCUT2D eigenvalue weighted by atomic mass is 10.1. The molecule has 0 aliphatic carbocycles. The van der Waals surface area contributed by atoms with Crippen LogP contribution in [0.4, 0.5) is 13.2 Å². The number of hydrogen-bond acceptors (Lipinski definition) is 6. The summed E-state index contributed by atoms with van der Waals surface area (Å²) in [7, 11) is 0. The van der Waals surface area contributed by atoms with Crippen LogP contribution in [0.2, 0.25) is 0 Å². The summed E-state index contributed by atoms with van der Waals surface area (Å²) in [6.07, 6.45) is -2.57. The topological polar surface area (TPSA) is 76.2 Å². The molecule has 4 rings (SSSR count). The van der Waals surface area contributed by atoms with Crippen LogP contribution < -0.4 is 10.1 Å². The van der Waals surface area contributed by atoms with E-state index in [2.05, 4.69) is 15.5 Å². The van der Waals surface area contributed by atoms with Gasteiger partial charge < -0.3 is 14.5 Å². The summed E-state index contributed by atoms with van der Waals surface area (Å²) in [6, 6.07) is 15.6. The van der Waals surface area contributed by atoms with Crippen LogP contribution in [0.25, 0.3) is 11.3 Å². The summed E-state index contributed by atoms with van der Waals surface area (Å²) in [5, 5.41) is 10.7. The molecule has 3 aromatic rings. The van der Waals surface area contributed by atoms with Crippen LogP contribution in [0.1, 0.15) is 23.8 Å². The monoisotopic (exact) mass is 487 g/mol.